The van der Waals surface area contributed by atoms with E-state index in [2.05, 4.69) is 0 Å². The number of anilines is 1. The number of nitrogen functional groups attached to an aromatic ring is 1. The Kier molecular flexibility index (Phi) is 4.56. The minimum atomic E-state index is -1.21. The number of nitrogens with two attached hydrogens (primary N) is 1. The van der Waals surface area contributed by atoms with Crippen molar-refractivity contribution in [2.75, 3.05) is 5.73 Å². The van der Waals surface area contributed by atoms with Gasteiger partial charge in [-0.3, -0.25) is 4.21 Å². The van der Waals surface area contributed by atoms with Crippen LogP contribution in [-0.2, 0) is 22.3 Å². The Balaban J connectivity index is 2.08. The molecule has 19 heavy (non-hydrogen) atoms. The van der Waals surface area contributed by atoms with Crippen LogP contribution >= 0.6 is 11.6 Å². The molecule has 0 saturated heterocycles. The molecule has 0 fully saturated rings. The summed E-state index contributed by atoms with van der Waals surface area (Å²) in [5.41, 5.74) is 7.03. The van der Waals surface area contributed by atoms with Gasteiger partial charge in [-0.05, 0) is 23.8 Å². The summed E-state index contributed by atoms with van der Waals surface area (Å²) >= 11 is 6.00. The molecule has 0 aliphatic carbocycles. The summed E-state index contributed by atoms with van der Waals surface area (Å²) in [6.45, 7) is 0. The molecule has 0 heterocycles. The lowest BCUT2D eigenvalue weighted by molar-refractivity contribution is 0.616. The molecule has 100 valence electrons. The number of hydrogen-bond donors (Lipinski definition) is 1. The number of rotatable bonds is 4. The molecular formula is C14H13ClFNOS. The molecule has 0 saturated carbocycles. The van der Waals surface area contributed by atoms with Crippen LogP contribution < -0.4 is 5.73 Å². The fourth-order valence-corrected chi connectivity index (χ4v) is 3.26. The molecule has 1 atom stereocenters. The summed E-state index contributed by atoms with van der Waals surface area (Å²) in [5, 5.41) is 0.577. The molecule has 5 heteroatoms. The van der Waals surface area contributed by atoms with Crippen molar-refractivity contribution in [3.8, 4) is 0 Å². The molecule has 0 aliphatic heterocycles. The second-order valence-corrected chi connectivity index (χ2v) is 6.03. The van der Waals surface area contributed by atoms with Gasteiger partial charge in [0.1, 0.15) is 5.82 Å². The van der Waals surface area contributed by atoms with Gasteiger partial charge in [0.15, 0.2) is 0 Å². The van der Waals surface area contributed by atoms with E-state index in [1.54, 1.807) is 18.2 Å². The predicted molar refractivity (Wildman–Crippen MR) is 77.8 cm³/mol. The Bertz CT molecular complexity index is 618. The second-order valence-electron chi connectivity index (χ2n) is 4.17. The van der Waals surface area contributed by atoms with Crippen molar-refractivity contribution in [2.45, 2.75) is 11.5 Å². The van der Waals surface area contributed by atoms with Gasteiger partial charge < -0.3 is 5.73 Å². The highest BCUT2D eigenvalue weighted by Gasteiger charge is 2.09. The molecule has 2 aromatic rings. The quantitative estimate of drug-likeness (QED) is 0.878. The van der Waals surface area contributed by atoms with Crippen LogP contribution in [0.25, 0.3) is 0 Å². The van der Waals surface area contributed by atoms with Gasteiger partial charge in [0.25, 0.3) is 0 Å². The Morgan fingerprint density at radius 3 is 2.47 bits per heavy atom. The molecule has 0 aromatic heterocycles. The summed E-state index contributed by atoms with van der Waals surface area (Å²) in [4.78, 5) is 0. The first-order valence-electron chi connectivity index (χ1n) is 5.68. The highest BCUT2D eigenvalue weighted by atomic mass is 35.5. The van der Waals surface area contributed by atoms with Gasteiger partial charge in [0.05, 0.1) is 11.5 Å². The normalized spacial score (nSPS) is 12.3. The van der Waals surface area contributed by atoms with Crippen molar-refractivity contribution in [3.05, 3.63) is 64.4 Å². The Morgan fingerprint density at radius 2 is 1.79 bits per heavy atom. The van der Waals surface area contributed by atoms with Crippen LogP contribution in [0.2, 0.25) is 5.02 Å². The fourth-order valence-electron chi connectivity index (χ4n) is 1.69. The molecule has 2 aromatic carbocycles. The second kappa shape index (κ2) is 6.17. The molecular weight excluding hydrogens is 285 g/mol. The van der Waals surface area contributed by atoms with Crippen molar-refractivity contribution in [1.29, 1.82) is 0 Å². The standard InChI is InChI=1S/C14H13ClFNOS/c15-13-4-2-1-3-10(13)8-19(18)9-11-5-6-12(17)7-14(11)16/h1-7H,8-9,17H2. The van der Waals surface area contributed by atoms with Crippen molar-refractivity contribution >= 4 is 28.1 Å². The highest BCUT2D eigenvalue weighted by molar-refractivity contribution is 7.83. The maximum atomic E-state index is 13.6. The van der Waals surface area contributed by atoms with Gasteiger partial charge in [-0.1, -0.05) is 35.9 Å². The van der Waals surface area contributed by atoms with E-state index >= 15 is 0 Å². The minimum absolute atomic E-state index is 0.150. The molecule has 2 nitrogen and oxygen atoms in total. The lowest BCUT2D eigenvalue weighted by atomic mass is 10.2. The monoisotopic (exact) mass is 297 g/mol. The maximum Gasteiger partial charge on any atom is 0.129 e. The lowest BCUT2D eigenvalue weighted by Crippen LogP contribution is -2.02. The minimum Gasteiger partial charge on any atom is -0.399 e. The average molecular weight is 298 g/mol. The summed E-state index contributed by atoms with van der Waals surface area (Å²) in [6.07, 6.45) is 0. The molecule has 0 bridgehead atoms. The SMILES string of the molecule is Nc1ccc(CS(=O)Cc2ccccc2Cl)c(F)c1. The first-order valence-corrected chi connectivity index (χ1v) is 7.55. The number of benzene rings is 2. The fraction of sp³-hybridized carbons (Fsp3) is 0.143. The summed E-state index contributed by atoms with van der Waals surface area (Å²) < 4.78 is 25.6. The Morgan fingerprint density at radius 1 is 1.11 bits per heavy atom. The largest absolute Gasteiger partial charge is 0.399 e. The smallest absolute Gasteiger partial charge is 0.129 e. The van der Waals surface area contributed by atoms with Crippen LogP contribution in [0.3, 0.4) is 0 Å². The molecule has 2 N–H and O–H groups in total. The van der Waals surface area contributed by atoms with Crippen molar-refractivity contribution in [3.63, 3.8) is 0 Å². The first-order chi connectivity index (χ1) is 9.06. The van der Waals surface area contributed by atoms with Crippen molar-refractivity contribution in [1.82, 2.24) is 0 Å². The Labute approximate surface area is 118 Å². The van der Waals surface area contributed by atoms with Crippen LogP contribution in [0.15, 0.2) is 42.5 Å². The molecule has 0 aliphatic rings. The molecule has 0 amide bonds. The van der Waals surface area contributed by atoms with Gasteiger partial charge in [-0.25, -0.2) is 4.39 Å². The summed E-state index contributed by atoms with van der Waals surface area (Å²) in [5.74, 6) is 0.0355. The van der Waals surface area contributed by atoms with Crippen LogP contribution in [0.4, 0.5) is 10.1 Å². The van der Waals surface area contributed by atoms with Gasteiger partial charge >= 0.3 is 0 Å². The van der Waals surface area contributed by atoms with E-state index in [1.165, 1.54) is 6.07 Å². The van der Waals surface area contributed by atoms with E-state index < -0.39 is 16.6 Å². The molecule has 0 spiro atoms. The van der Waals surface area contributed by atoms with E-state index in [0.29, 0.717) is 22.0 Å². The first kappa shape index (κ1) is 14.0. The van der Waals surface area contributed by atoms with E-state index in [0.717, 1.165) is 5.56 Å². The topological polar surface area (TPSA) is 43.1 Å². The third kappa shape index (κ3) is 3.78. The van der Waals surface area contributed by atoms with Crippen LogP contribution in [0.1, 0.15) is 11.1 Å². The van der Waals surface area contributed by atoms with Gasteiger partial charge in [0.2, 0.25) is 0 Å². The maximum absolute atomic E-state index is 13.6. The zero-order chi connectivity index (χ0) is 13.8. The average Bonchev–Trinajstić information content (AvgIpc) is 2.36. The van der Waals surface area contributed by atoms with E-state index in [9.17, 15) is 8.60 Å². The van der Waals surface area contributed by atoms with Crippen LogP contribution in [0.5, 0.6) is 0 Å². The third-order valence-corrected chi connectivity index (χ3v) is 4.30. The van der Waals surface area contributed by atoms with E-state index in [1.807, 2.05) is 18.2 Å². The van der Waals surface area contributed by atoms with Gasteiger partial charge in [0, 0.05) is 27.1 Å². The molecule has 1 unspecified atom stereocenters. The van der Waals surface area contributed by atoms with Crippen molar-refractivity contribution < 1.29 is 8.60 Å². The molecule has 2 rings (SSSR count). The van der Waals surface area contributed by atoms with E-state index in [4.69, 9.17) is 17.3 Å². The van der Waals surface area contributed by atoms with Crippen LogP contribution in [-0.4, -0.2) is 4.21 Å². The predicted octanol–water partition coefficient (Wildman–Crippen LogP) is 3.51. The highest BCUT2D eigenvalue weighted by Crippen LogP contribution is 2.19. The van der Waals surface area contributed by atoms with Gasteiger partial charge in [-0.2, -0.15) is 0 Å². The van der Waals surface area contributed by atoms with Crippen molar-refractivity contribution in [2.24, 2.45) is 0 Å². The van der Waals surface area contributed by atoms with E-state index in [-0.39, 0.29) is 5.75 Å². The number of halogens is 2. The Hall–Kier alpha value is -1.39. The zero-order valence-electron chi connectivity index (χ0n) is 10.1. The van der Waals surface area contributed by atoms with Gasteiger partial charge in [-0.15, -0.1) is 0 Å². The summed E-state index contributed by atoms with van der Waals surface area (Å²) in [7, 11) is -1.21. The number of hydrogen-bond acceptors (Lipinski definition) is 2. The van der Waals surface area contributed by atoms with Crippen LogP contribution in [0, 0.1) is 5.82 Å². The zero-order valence-corrected chi connectivity index (χ0v) is 11.7. The third-order valence-electron chi connectivity index (χ3n) is 2.67. The molecule has 0 radical (unpaired) electrons. The lowest BCUT2D eigenvalue weighted by Gasteiger charge is -2.06. The summed E-state index contributed by atoms with van der Waals surface area (Å²) in [6, 6.07) is 11.6.